The van der Waals surface area contributed by atoms with Gasteiger partial charge >= 0.3 is 5.97 Å². The normalized spacial score (nSPS) is 26.0. The number of rotatable bonds is 5. The van der Waals surface area contributed by atoms with Crippen LogP contribution in [0.15, 0.2) is 53.4 Å². The van der Waals surface area contributed by atoms with Crippen LogP contribution in [0, 0.1) is 11.8 Å². The van der Waals surface area contributed by atoms with E-state index in [4.69, 9.17) is 0 Å². The molecule has 1 saturated carbocycles. The summed E-state index contributed by atoms with van der Waals surface area (Å²) in [6, 6.07) is 12.8. The van der Waals surface area contributed by atoms with Gasteiger partial charge in [-0.2, -0.15) is 9.40 Å². The average molecular weight is 427 g/mol. The Hall–Kier alpha value is -2.91. The number of phenolic OH excluding ortho intramolecular Hbond substituents is 1. The summed E-state index contributed by atoms with van der Waals surface area (Å²) in [7, 11) is -3.72. The van der Waals surface area contributed by atoms with Gasteiger partial charge in [0.15, 0.2) is 0 Å². The van der Waals surface area contributed by atoms with Crippen molar-refractivity contribution < 1.29 is 23.4 Å². The number of hydrogen-bond acceptors (Lipinski definition) is 5. The van der Waals surface area contributed by atoms with Crippen molar-refractivity contribution in [1.29, 1.82) is 0 Å². The minimum atomic E-state index is -3.72. The summed E-state index contributed by atoms with van der Waals surface area (Å²) >= 11 is 0. The first-order valence-electron chi connectivity index (χ1n) is 9.78. The van der Waals surface area contributed by atoms with E-state index in [1.165, 1.54) is 28.6 Å². The van der Waals surface area contributed by atoms with Crippen molar-refractivity contribution in [1.82, 2.24) is 14.1 Å². The van der Waals surface area contributed by atoms with Crippen molar-refractivity contribution in [3.63, 3.8) is 0 Å². The van der Waals surface area contributed by atoms with Crippen LogP contribution in [0.4, 0.5) is 0 Å². The molecule has 8 nitrogen and oxygen atoms in total. The van der Waals surface area contributed by atoms with E-state index in [1.807, 2.05) is 35.9 Å². The number of aromatic hydroxyl groups is 1. The second-order valence-corrected chi connectivity index (χ2v) is 9.93. The molecule has 1 aliphatic heterocycles. The van der Waals surface area contributed by atoms with Crippen molar-refractivity contribution >= 4 is 26.9 Å². The fourth-order valence-corrected chi connectivity index (χ4v) is 6.62. The molecule has 9 heteroatoms. The summed E-state index contributed by atoms with van der Waals surface area (Å²) in [5, 5.41) is 24.1. The first-order valence-corrected chi connectivity index (χ1v) is 11.2. The third kappa shape index (κ3) is 2.80. The third-order valence-corrected chi connectivity index (χ3v) is 8.19. The molecule has 0 spiro atoms. The van der Waals surface area contributed by atoms with Crippen LogP contribution in [0.1, 0.15) is 18.7 Å². The molecule has 2 fully saturated rings. The maximum atomic E-state index is 13.3. The molecule has 0 radical (unpaired) electrons. The molecule has 156 valence electrons. The van der Waals surface area contributed by atoms with Crippen LogP contribution in [0.3, 0.4) is 0 Å². The lowest BCUT2D eigenvalue weighted by Crippen LogP contribution is -2.34. The first kappa shape index (κ1) is 19.1. The number of carboxylic acids is 1. The topological polar surface area (TPSA) is 113 Å². The molecule has 1 saturated heterocycles. The average Bonchev–Trinajstić information content (AvgIpc) is 3.05. The summed E-state index contributed by atoms with van der Waals surface area (Å²) in [5.41, 5.74) is 1.31. The predicted octanol–water partition coefficient (Wildman–Crippen LogP) is 2.25. The van der Waals surface area contributed by atoms with Crippen molar-refractivity contribution in [3.8, 4) is 5.75 Å². The summed E-state index contributed by atoms with van der Waals surface area (Å²) in [5.74, 6) is -0.634. The molecule has 0 amide bonds. The minimum Gasteiger partial charge on any atom is -0.508 e. The van der Waals surface area contributed by atoms with Gasteiger partial charge in [0.05, 0.1) is 28.6 Å². The Labute approximate surface area is 173 Å². The molecule has 4 atom stereocenters. The van der Waals surface area contributed by atoms with E-state index < -0.39 is 16.0 Å². The zero-order valence-corrected chi connectivity index (χ0v) is 17.0. The highest BCUT2D eigenvalue weighted by Crippen LogP contribution is 2.57. The van der Waals surface area contributed by atoms with E-state index in [9.17, 15) is 23.4 Å². The second-order valence-electron chi connectivity index (χ2n) is 8.04. The lowest BCUT2D eigenvalue weighted by molar-refractivity contribution is -0.136. The molecule has 1 aromatic heterocycles. The van der Waals surface area contributed by atoms with Gasteiger partial charge in [-0.15, -0.1) is 0 Å². The maximum Gasteiger partial charge on any atom is 0.309 e. The number of carbonyl (C=O) groups is 1. The fraction of sp³-hybridized carbons (Fsp3) is 0.333. The number of aliphatic carboxylic acids is 1. The maximum absolute atomic E-state index is 13.3. The number of hydrogen-bond donors (Lipinski definition) is 2. The smallest absolute Gasteiger partial charge is 0.309 e. The Morgan fingerprint density at radius 3 is 2.57 bits per heavy atom. The van der Waals surface area contributed by atoms with E-state index in [2.05, 4.69) is 5.10 Å². The molecular weight excluding hydrogens is 406 g/mol. The molecular formula is C21H21N3O5S. The largest absolute Gasteiger partial charge is 0.508 e. The quantitative estimate of drug-likeness (QED) is 0.646. The van der Waals surface area contributed by atoms with Crippen LogP contribution < -0.4 is 0 Å². The van der Waals surface area contributed by atoms with E-state index in [0.717, 1.165) is 10.9 Å². The van der Waals surface area contributed by atoms with Crippen molar-refractivity contribution in [2.75, 3.05) is 6.54 Å². The van der Waals surface area contributed by atoms with Gasteiger partial charge in [-0.3, -0.25) is 9.48 Å². The van der Waals surface area contributed by atoms with Crippen molar-refractivity contribution in [3.05, 3.63) is 54.2 Å². The lowest BCUT2D eigenvalue weighted by atomic mass is 10.1. The lowest BCUT2D eigenvalue weighted by Gasteiger charge is -2.23. The summed E-state index contributed by atoms with van der Waals surface area (Å²) < 4.78 is 29.9. The molecule has 2 aliphatic rings. The van der Waals surface area contributed by atoms with E-state index >= 15 is 0 Å². The monoisotopic (exact) mass is 427 g/mol. The summed E-state index contributed by atoms with van der Waals surface area (Å²) in [6.07, 6.45) is -0.181. The van der Waals surface area contributed by atoms with Gasteiger partial charge in [0.1, 0.15) is 5.75 Å². The third-order valence-electron chi connectivity index (χ3n) is 6.31. The minimum absolute atomic E-state index is 0.0138. The number of sulfonamides is 1. The standard InChI is InChI=1S/C21H21N3O5S/c1-12-20-18(24-17-5-3-2-4-15(17)16(22-24)10-19(26)27)11-23(21(12)20)30(28,29)14-8-6-13(25)7-9-14/h2-9,12,18,20-21,25H,10-11H2,1H3,(H,26,27)/t12-,18+,20?,21?/m1/s1. The van der Waals surface area contributed by atoms with Gasteiger partial charge in [-0.1, -0.05) is 25.1 Å². The number of piperidine rings is 1. The highest BCUT2D eigenvalue weighted by molar-refractivity contribution is 7.89. The molecule has 2 N–H and O–H groups in total. The van der Waals surface area contributed by atoms with E-state index in [-0.39, 0.29) is 47.5 Å². The number of phenols is 1. The van der Waals surface area contributed by atoms with Gasteiger partial charge in [0, 0.05) is 23.9 Å². The predicted molar refractivity (Wildman–Crippen MR) is 109 cm³/mol. The van der Waals surface area contributed by atoms with Crippen LogP contribution in [-0.2, 0) is 21.2 Å². The summed E-state index contributed by atoms with van der Waals surface area (Å²) in [4.78, 5) is 11.4. The van der Waals surface area contributed by atoms with E-state index in [1.54, 1.807) is 0 Å². The van der Waals surface area contributed by atoms with Crippen LogP contribution in [0.5, 0.6) is 5.75 Å². The molecule has 2 heterocycles. The molecule has 5 rings (SSSR count). The van der Waals surface area contributed by atoms with Crippen LogP contribution >= 0.6 is 0 Å². The Morgan fingerprint density at radius 2 is 1.87 bits per heavy atom. The number of aromatic nitrogens is 2. The fourth-order valence-electron chi connectivity index (χ4n) is 4.87. The first-order chi connectivity index (χ1) is 14.3. The zero-order valence-electron chi connectivity index (χ0n) is 16.2. The van der Waals surface area contributed by atoms with Gasteiger partial charge in [-0.25, -0.2) is 8.42 Å². The molecule has 0 bridgehead atoms. The molecule has 2 aromatic carbocycles. The highest BCUT2D eigenvalue weighted by Gasteiger charge is 2.64. The Kier molecular flexibility index (Phi) is 4.16. The second kappa shape index (κ2) is 6.55. The Balaban J connectivity index is 1.54. The van der Waals surface area contributed by atoms with Gasteiger partial charge < -0.3 is 10.2 Å². The SMILES string of the molecule is C[C@@H]1C2C1N(S(=O)(=O)c1ccc(O)cc1)C[C@@H]2n1nc(CC(=O)O)c2ccccc21. The Bertz CT molecular complexity index is 1250. The van der Waals surface area contributed by atoms with E-state index in [0.29, 0.717) is 5.69 Å². The Morgan fingerprint density at radius 1 is 1.17 bits per heavy atom. The van der Waals surface area contributed by atoms with Gasteiger partial charge in [0.2, 0.25) is 10.0 Å². The van der Waals surface area contributed by atoms with Crippen LogP contribution in [0.2, 0.25) is 0 Å². The number of fused-ring (bicyclic) bond motifs is 2. The molecule has 2 unspecified atom stereocenters. The number of carboxylic acid groups (broad SMARTS) is 1. The number of nitrogens with zero attached hydrogens (tertiary/aromatic N) is 3. The van der Waals surface area contributed by atoms with Gasteiger partial charge in [-0.05, 0) is 36.2 Å². The molecule has 3 aromatic rings. The van der Waals surface area contributed by atoms with Crippen LogP contribution in [-0.4, -0.2) is 51.3 Å². The van der Waals surface area contributed by atoms with Crippen molar-refractivity contribution in [2.24, 2.45) is 11.8 Å². The zero-order chi connectivity index (χ0) is 21.2. The highest BCUT2D eigenvalue weighted by atomic mass is 32.2. The number of para-hydroxylation sites is 1. The molecule has 30 heavy (non-hydrogen) atoms. The van der Waals surface area contributed by atoms with Crippen LogP contribution in [0.25, 0.3) is 10.9 Å². The molecule has 1 aliphatic carbocycles. The van der Waals surface area contributed by atoms with Gasteiger partial charge in [0.25, 0.3) is 0 Å². The van der Waals surface area contributed by atoms with Crippen molar-refractivity contribution in [2.45, 2.75) is 30.3 Å². The summed E-state index contributed by atoms with van der Waals surface area (Å²) in [6.45, 7) is 2.31. The number of benzene rings is 2.